The molecule has 1 aromatic carbocycles. The van der Waals surface area contributed by atoms with E-state index in [9.17, 15) is 0 Å². The van der Waals surface area contributed by atoms with Crippen LogP contribution < -0.4 is 5.32 Å². The minimum Gasteiger partial charge on any atom is -0.384 e. The molecule has 0 heterocycles. The predicted octanol–water partition coefficient (Wildman–Crippen LogP) is 3.42. The van der Waals surface area contributed by atoms with E-state index in [0.29, 0.717) is 6.61 Å². The van der Waals surface area contributed by atoms with Gasteiger partial charge in [-0.2, -0.15) is 0 Å². The molecule has 0 unspecified atom stereocenters. The molecule has 82 valence electrons. The molecule has 2 nitrogen and oxygen atoms in total. The van der Waals surface area contributed by atoms with Gasteiger partial charge in [-0.3, -0.25) is 0 Å². The lowest BCUT2D eigenvalue weighted by atomic mass is 10.2. The van der Waals surface area contributed by atoms with Crippen LogP contribution in [-0.2, 0) is 11.3 Å². The maximum Gasteiger partial charge on any atom is 0.0744 e. The molecule has 1 saturated carbocycles. The molecule has 0 aromatic heterocycles. The zero-order chi connectivity index (χ0) is 10.7. The molecule has 0 saturated heterocycles. The first kappa shape index (κ1) is 11.0. The maximum atomic E-state index is 5.20. The largest absolute Gasteiger partial charge is 0.384 e. The highest BCUT2D eigenvalue weighted by Crippen LogP contribution is 2.31. The summed E-state index contributed by atoms with van der Waals surface area (Å²) in [7, 11) is 1.73. The molecule has 0 amide bonds. The van der Waals surface area contributed by atoms with Crippen molar-refractivity contribution in [3.8, 4) is 0 Å². The van der Waals surface area contributed by atoms with E-state index in [-0.39, 0.29) is 0 Å². The topological polar surface area (TPSA) is 21.3 Å². The summed E-state index contributed by atoms with van der Waals surface area (Å²) in [4.78, 5) is 0. The molecule has 0 radical (unpaired) electrons. The second-order valence-corrected chi connectivity index (χ2v) is 4.88. The van der Waals surface area contributed by atoms with Crippen LogP contribution in [-0.4, -0.2) is 13.7 Å². The van der Waals surface area contributed by atoms with Crippen molar-refractivity contribution in [2.45, 2.75) is 19.4 Å². The molecule has 1 aromatic rings. The fourth-order valence-corrected chi connectivity index (χ4v) is 2.07. The fraction of sp³-hybridized carbons (Fsp3) is 0.500. The number of nitrogens with one attached hydrogen (secondary N) is 1. The molecule has 1 aliphatic carbocycles. The second-order valence-electron chi connectivity index (χ2n) is 4.02. The Morgan fingerprint density at radius 2 is 2.27 bits per heavy atom. The van der Waals surface area contributed by atoms with Crippen LogP contribution in [0.1, 0.15) is 18.4 Å². The summed E-state index contributed by atoms with van der Waals surface area (Å²) in [5, 5.41) is 3.49. The summed E-state index contributed by atoms with van der Waals surface area (Å²) in [5.74, 6) is 0.888. The lowest BCUT2D eigenvalue weighted by Crippen LogP contribution is -2.06. The van der Waals surface area contributed by atoms with Gasteiger partial charge >= 0.3 is 0 Å². The molecular weight excluding hydrogens is 254 g/mol. The van der Waals surface area contributed by atoms with Gasteiger partial charge in [0.25, 0.3) is 0 Å². The van der Waals surface area contributed by atoms with E-state index < -0.39 is 0 Å². The van der Waals surface area contributed by atoms with Crippen molar-refractivity contribution < 1.29 is 4.74 Å². The van der Waals surface area contributed by atoms with E-state index in [2.05, 4.69) is 39.4 Å². The Morgan fingerprint density at radius 3 is 2.93 bits per heavy atom. The van der Waals surface area contributed by atoms with Crippen LogP contribution in [0.3, 0.4) is 0 Å². The Labute approximate surface area is 99.1 Å². The number of halogens is 1. The summed E-state index contributed by atoms with van der Waals surface area (Å²) >= 11 is 3.55. The van der Waals surface area contributed by atoms with Gasteiger partial charge in [-0.1, -0.05) is 22.0 Å². The Kier molecular flexibility index (Phi) is 3.65. The highest BCUT2D eigenvalue weighted by molar-refractivity contribution is 9.10. The van der Waals surface area contributed by atoms with Crippen molar-refractivity contribution in [3.63, 3.8) is 0 Å². The molecular formula is C12H16BrNO. The van der Waals surface area contributed by atoms with Gasteiger partial charge < -0.3 is 10.1 Å². The molecule has 0 bridgehead atoms. The molecule has 1 aliphatic rings. The first-order valence-corrected chi connectivity index (χ1v) is 6.10. The Bertz CT molecular complexity index is 336. The van der Waals surface area contributed by atoms with Crippen LogP contribution >= 0.6 is 15.9 Å². The van der Waals surface area contributed by atoms with Gasteiger partial charge in [0.05, 0.1) is 6.61 Å². The number of rotatable bonds is 5. The minimum atomic E-state index is 0.647. The van der Waals surface area contributed by atoms with E-state index in [1.165, 1.54) is 24.1 Å². The van der Waals surface area contributed by atoms with Crippen LogP contribution in [0.4, 0.5) is 5.69 Å². The van der Waals surface area contributed by atoms with Gasteiger partial charge in [-0.15, -0.1) is 0 Å². The van der Waals surface area contributed by atoms with Gasteiger partial charge in [-0.05, 0) is 30.9 Å². The quantitative estimate of drug-likeness (QED) is 0.885. The number of benzene rings is 1. The molecule has 0 aliphatic heterocycles. The average molecular weight is 270 g/mol. The molecule has 15 heavy (non-hydrogen) atoms. The maximum absolute atomic E-state index is 5.20. The van der Waals surface area contributed by atoms with Crippen LogP contribution in [0.25, 0.3) is 0 Å². The van der Waals surface area contributed by atoms with Crippen LogP contribution in [0.5, 0.6) is 0 Å². The highest BCUT2D eigenvalue weighted by Gasteiger charge is 2.21. The van der Waals surface area contributed by atoms with Crippen molar-refractivity contribution in [2.75, 3.05) is 19.0 Å². The number of ether oxygens (including phenoxy) is 1. The van der Waals surface area contributed by atoms with Crippen molar-refractivity contribution in [1.29, 1.82) is 0 Å². The van der Waals surface area contributed by atoms with Gasteiger partial charge in [-0.25, -0.2) is 0 Å². The summed E-state index contributed by atoms with van der Waals surface area (Å²) in [5.41, 5.74) is 2.40. The molecule has 3 heteroatoms. The lowest BCUT2D eigenvalue weighted by Gasteiger charge is -2.12. The number of methoxy groups -OCH3 is 1. The zero-order valence-corrected chi connectivity index (χ0v) is 10.5. The SMILES string of the molecule is COCc1c(Br)cccc1NCC1CC1. The monoisotopic (exact) mass is 269 g/mol. The van der Waals surface area contributed by atoms with E-state index in [1.54, 1.807) is 7.11 Å². The number of hydrogen-bond donors (Lipinski definition) is 1. The second kappa shape index (κ2) is 4.99. The summed E-state index contributed by atoms with van der Waals surface area (Å²) in [6.45, 7) is 1.74. The first-order chi connectivity index (χ1) is 7.31. The standard InChI is InChI=1S/C12H16BrNO/c1-15-8-10-11(13)3-2-4-12(10)14-7-9-5-6-9/h2-4,9,14H,5-8H2,1H3. The summed E-state index contributed by atoms with van der Waals surface area (Å²) < 4.78 is 6.32. The molecule has 0 atom stereocenters. The van der Waals surface area contributed by atoms with E-state index >= 15 is 0 Å². The van der Waals surface area contributed by atoms with Gasteiger partial charge in [0.2, 0.25) is 0 Å². The molecule has 1 N–H and O–H groups in total. The Balaban J connectivity index is 2.08. The molecule has 2 rings (SSSR count). The number of hydrogen-bond acceptors (Lipinski definition) is 2. The van der Waals surface area contributed by atoms with Crippen LogP contribution in [0.15, 0.2) is 22.7 Å². The third-order valence-corrected chi connectivity index (χ3v) is 3.43. The lowest BCUT2D eigenvalue weighted by molar-refractivity contribution is 0.185. The van der Waals surface area contributed by atoms with Gasteiger partial charge in [0.15, 0.2) is 0 Å². The van der Waals surface area contributed by atoms with E-state index in [4.69, 9.17) is 4.74 Å². The molecule has 1 fully saturated rings. The fourth-order valence-electron chi connectivity index (χ4n) is 1.59. The predicted molar refractivity (Wildman–Crippen MR) is 66.1 cm³/mol. The van der Waals surface area contributed by atoms with E-state index in [1.807, 2.05) is 0 Å². The first-order valence-electron chi connectivity index (χ1n) is 5.31. The van der Waals surface area contributed by atoms with E-state index in [0.717, 1.165) is 16.9 Å². The van der Waals surface area contributed by atoms with Crippen molar-refractivity contribution in [1.82, 2.24) is 0 Å². The summed E-state index contributed by atoms with van der Waals surface area (Å²) in [6.07, 6.45) is 2.75. The van der Waals surface area contributed by atoms with Crippen molar-refractivity contribution in [3.05, 3.63) is 28.2 Å². The Hall–Kier alpha value is -0.540. The van der Waals surface area contributed by atoms with Crippen molar-refractivity contribution >= 4 is 21.6 Å². The highest BCUT2D eigenvalue weighted by atomic mass is 79.9. The third-order valence-electron chi connectivity index (χ3n) is 2.69. The minimum absolute atomic E-state index is 0.647. The van der Waals surface area contributed by atoms with Gasteiger partial charge in [0.1, 0.15) is 0 Å². The Morgan fingerprint density at radius 1 is 1.47 bits per heavy atom. The normalized spacial score (nSPS) is 15.3. The average Bonchev–Trinajstić information content (AvgIpc) is 3.03. The van der Waals surface area contributed by atoms with Crippen LogP contribution in [0.2, 0.25) is 0 Å². The zero-order valence-electron chi connectivity index (χ0n) is 8.92. The van der Waals surface area contributed by atoms with Gasteiger partial charge in [0, 0.05) is 29.4 Å². The van der Waals surface area contributed by atoms with Crippen LogP contribution in [0, 0.1) is 5.92 Å². The third kappa shape index (κ3) is 2.95. The molecule has 0 spiro atoms. The summed E-state index contributed by atoms with van der Waals surface area (Å²) in [6, 6.07) is 6.22. The number of anilines is 1. The smallest absolute Gasteiger partial charge is 0.0744 e. The van der Waals surface area contributed by atoms with Crippen molar-refractivity contribution in [2.24, 2.45) is 5.92 Å².